The number of hydrogen-bond donors (Lipinski definition) is 1. The second-order valence-electron chi connectivity index (χ2n) is 4.16. The number of fused-ring (bicyclic) bond motifs is 1. The molecular weight excluding hydrogens is 340 g/mol. The summed E-state index contributed by atoms with van der Waals surface area (Å²) in [6.07, 6.45) is 0. The van der Waals surface area contributed by atoms with Gasteiger partial charge in [-0.05, 0) is 36.4 Å². The van der Waals surface area contributed by atoms with E-state index in [0.717, 1.165) is 14.9 Å². The summed E-state index contributed by atoms with van der Waals surface area (Å²) in [4.78, 5) is 11.0. The van der Waals surface area contributed by atoms with Crippen molar-refractivity contribution in [2.75, 3.05) is 5.32 Å². The molecule has 0 fully saturated rings. The SMILES string of the molecule is O=[N+]([O-])c1c(Nc2ccc(Br)cc2)sc2ccccc12. The summed E-state index contributed by atoms with van der Waals surface area (Å²) in [7, 11) is 0. The highest BCUT2D eigenvalue weighted by atomic mass is 79.9. The molecule has 0 spiro atoms. The molecule has 0 radical (unpaired) electrons. The lowest BCUT2D eigenvalue weighted by atomic mass is 10.2. The van der Waals surface area contributed by atoms with Crippen LogP contribution in [0.15, 0.2) is 53.0 Å². The molecule has 0 aliphatic heterocycles. The summed E-state index contributed by atoms with van der Waals surface area (Å²) in [6.45, 7) is 0. The molecule has 1 aromatic heterocycles. The van der Waals surface area contributed by atoms with Crippen molar-refractivity contribution in [3.63, 3.8) is 0 Å². The lowest BCUT2D eigenvalue weighted by molar-refractivity contribution is -0.381. The zero-order valence-electron chi connectivity index (χ0n) is 10.2. The summed E-state index contributed by atoms with van der Waals surface area (Å²) in [6, 6.07) is 14.9. The molecule has 0 amide bonds. The van der Waals surface area contributed by atoms with E-state index in [1.807, 2.05) is 42.5 Å². The van der Waals surface area contributed by atoms with E-state index in [9.17, 15) is 10.1 Å². The van der Waals surface area contributed by atoms with Gasteiger partial charge in [0.1, 0.15) is 0 Å². The standard InChI is InChI=1S/C14H9BrN2O2S/c15-9-5-7-10(8-6-9)16-14-13(17(18)19)11-3-1-2-4-12(11)20-14/h1-8,16H. The molecule has 0 aliphatic rings. The van der Waals surface area contributed by atoms with Gasteiger partial charge in [-0.1, -0.05) is 28.1 Å². The van der Waals surface area contributed by atoms with Crippen LogP contribution in [-0.4, -0.2) is 4.92 Å². The number of rotatable bonds is 3. The second kappa shape index (κ2) is 5.22. The summed E-state index contributed by atoms with van der Waals surface area (Å²) < 4.78 is 1.87. The van der Waals surface area contributed by atoms with Crippen LogP contribution in [0.3, 0.4) is 0 Å². The molecule has 0 saturated carbocycles. The molecule has 3 aromatic rings. The molecule has 1 N–H and O–H groups in total. The van der Waals surface area contributed by atoms with Crippen LogP contribution in [0.5, 0.6) is 0 Å². The summed E-state index contributed by atoms with van der Waals surface area (Å²) in [5.41, 5.74) is 0.955. The van der Waals surface area contributed by atoms with E-state index < -0.39 is 0 Å². The Morgan fingerprint density at radius 3 is 2.50 bits per heavy atom. The van der Waals surface area contributed by atoms with Crippen LogP contribution in [0.2, 0.25) is 0 Å². The van der Waals surface area contributed by atoms with Crippen molar-refractivity contribution >= 4 is 53.7 Å². The molecule has 0 aliphatic carbocycles. The molecule has 1 heterocycles. The Bertz CT molecular complexity index is 783. The van der Waals surface area contributed by atoms with Gasteiger partial charge < -0.3 is 5.32 Å². The molecule has 100 valence electrons. The molecule has 0 bridgehead atoms. The number of benzene rings is 2. The number of thiophene rings is 1. The first kappa shape index (κ1) is 13.1. The van der Waals surface area contributed by atoms with Crippen LogP contribution in [-0.2, 0) is 0 Å². The smallest absolute Gasteiger partial charge is 0.311 e. The van der Waals surface area contributed by atoms with Crippen molar-refractivity contribution in [3.05, 3.63) is 63.1 Å². The number of nitrogens with one attached hydrogen (secondary N) is 1. The van der Waals surface area contributed by atoms with Crippen molar-refractivity contribution in [1.29, 1.82) is 0 Å². The normalized spacial score (nSPS) is 10.7. The summed E-state index contributed by atoms with van der Waals surface area (Å²) in [5.74, 6) is 0. The molecule has 20 heavy (non-hydrogen) atoms. The van der Waals surface area contributed by atoms with E-state index >= 15 is 0 Å². The largest absolute Gasteiger partial charge is 0.341 e. The Morgan fingerprint density at radius 1 is 1.10 bits per heavy atom. The van der Waals surface area contributed by atoms with Gasteiger partial charge in [-0.25, -0.2) is 0 Å². The Kier molecular flexibility index (Phi) is 3.42. The number of nitro groups is 1. The monoisotopic (exact) mass is 348 g/mol. The molecule has 0 atom stereocenters. The third kappa shape index (κ3) is 2.39. The fourth-order valence-corrected chi connectivity index (χ4v) is 3.32. The van der Waals surface area contributed by atoms with Crippen LogP contribution in [0.25, 0.3) is 10.1 Å². The minimum absolute atomic E-state index is 0.133. The Labute approximate surface area is 127 Å². The van der Waals surface area contributed by atoms with E-state index in [1.165, 1.54) is 11.3 Å². The zero-order valence-corrected chi connectivity index (χ0v) is 12.6. The first-order valence-corrected chi connectivity index (χ1v) is 7.44. The van der Waals surface area contributed by atoms with Crippen LogP contribution >= 0.6 is 27.3 Å². The minimum Gasteiger partial charge on any atom is -0.341 e. The van der Waals surface area contributed by atoms with Gasteiger partial charge in [0.2, 0.25) is 0 Å². The van der Waals surface area contributed by atoms with Gasteiger partial charge in [-0.2, -0.15) is 0 Å². The quantitative estimate of drug-likeness (QED) is 0.515. The van der Waals surface area contributed by atoms with Crippen molar-refractivity contribution in [1.82, 2.24) is 0 Å². The maximum Gasteiger partial charge on any atom is 0.311 e. The first-order valence-electron chi connectivity index (χ1n) is 5.83. The van der Waals surface area contributed by atoms with E-state index in [-0.39, 0.29) is 10.6 Å². The van der Waals surface area contributed by atoms with Crippen LogP contribution in [0.1, 0.15) is 0 Å². The van der Waals surface area contributed by atoms with Crippen LogP contribution in [0, 0.1) is 10.1 Å². The van der Waals surface area contributed by atoms with Gasteiger partial charge in [0.05, 0.1) is 10.3 Å². The molecule has 0 unspecified atom stereocenters. The lowest BCUT2D eigenvalue weighted by Crippen LogP contribution is -1.93. The number of nitrogens with zero attached hydrogens (tertiary/aromatic N) is 1. The second-order valence-corrected chi connectivity index (χ2v) is 6.13. The van der Waals surface area contributed by atoms with Gasteiger partial charge in [0.15, 0.2) is 5.00 Å². The average molecular weight is 349 g/mol. The van der Waals surface area contributed by atoms with Crippen molar-refractivity contribution in [2.24, 2.45) is 0 Å². The third-order valence-electron chi connectivity index (χ3n) is 2.85. The summed E-state index contributed by atoms with van der Waals surface area (Å²) >= 11 is 4.75. The van der Waals surface area contributed by atoms with Crippen molar-refractivity contribution < 1.29 is 4.92 Å². The molecule has 2 aromatic carbocycles. The Hall–Kier alpha value is -1.92. The van der Waals surface area contributed by atoms with Crippen molar-refractivity contribution in [2.45, 2.75) is 0 Å². The highest BCUT2D eigenvalue weighted by molar-refractivity contribution is 9.10. The number of anilines is 2. The fourth-order valence-electron chi connectivity index (χ4n) is 1.96. The topological polar surface area (TPSA) is 55.2 Å². The van der Waals surface area contributed by atoms with E-state index in [1.54, 1.807) is 6.07 Å². The Balaban J connectivity index is 2.08. The van der Waals surface area contributed by atoms with Crippen molar-refractivity contribution in [3.8, 4) is 0 Å². The highest BCUT2D eigenvalue weighted by Gasteiger charge is 2.22. The highest BCUT2D eigenvalue weighted by Crippen LogP contribution is 2.42. The number of hydrogen-bond acceptors (Lipinski definition) is 4. The van der Waals surface area contributed by atoms with E-state index in [4.69, 9.17) is 0 Å². The van der Waals surface area contributed by atoms with Crippen LogP contribution in [0.4, 0.5) is 16.4 Å². The maximum absolute atomic E-state index is 11.3. The minimum atomic E-state index is -0.333. The molecule has 4 nitrogen and oxygen atoms in total. The number of halogens is 1. The molecular formula is C14H9BrN2O2S. The predicted octanol–water partition coefficient (Wildman–Crippen LogP) is 5.32. The fraction of sp³-hybridized carbons (Fsp3) is 0. The summed E-state index contributed by atoms with van der Waals surface area (Å²) in [5, 5.41) is 15.7. The van der Waals surface area contributed by atoms with Gasteiger partial charge in [0, 0.05) is 14.9 Å². The first-order chi connectivity index (χ1) is 9.65. The third-order valence-corrected chi connectivity index (χ3v) is 4.46. The van der Waals surface area contributed by atoms with Crippen LogP contribution < -0.4 is 5.32 Å². The van der Waals surface area contributed by atoms with Gasteiger partial charge >= 0.3 is 5.69 Å². The Morgan fingerprint density at radius 2 is 1.80 bits per heavy atom. The predicted molar refractivity (Wildman–Crippen MR) is 85.9 cm³/mol. The van der Waals surface area contributed by atoms with E-state index in [2.05, 4.69) is 21.2 Å². The lowest BCUT2D eigenvalue weighted by Gasteiger charge is -2.03. The average Bonchev–Trinajstić information content (AvgIpc) is 2.79. The zero-order chi connectivity index (χ0) is 14.1. The van der Waals surface area contributed by atoms with E-state index in [0.29, 0.717) is 10.4 Å². The van der Waals surface area contributed by atoms with Gasteiger partial charge in [-0.15, -0.1) is 11.3 Å². The van der Waals surface area contributed by atoms with Gasteiger partial charge in [-0.3, -0.25) is 10.1 Å². The molecule has 3 rings (SSSR count). The molecule has 6 heteroatoms. The maximum atomic E-state index is 11.3. The van der Waals surface area contributed by atoms with Gasteiger partial charge in [0.25, 0.3) is 0 Å². The molecule has 0 saturated heterocycles.